The van der Waals surface area contributed by atoms with Crippen molar-refractivity contribution in [1.29, 1.82) is 0 Å². The number of aliphatic hydroxyl groups is 1. The summed E-state index contributed by atoms with van der Waals surface area (Å²) in [5.41, 5.74) is 0. The van der Waals surface area contributed by atoms with E-state index < -0.39 is 0 Å². The van der Waals surface area contributed by atoms with Gasteiger partial charge in [-0.1, -0.05) is 0 Å². The first-order valence-electron chi connectivity index (χ1n) is 3.93. The number of hydrogen-bond donors (Lipinski definition) is 1. The first kappa shape index (κ1) is 8.27. The van der Waals surface area contributed by atoms with E-state index in [-0.39, 0.29) is 6.61 Å². The van der Waals surface area contributed by atoms with Crippen LogP contribution in [-0.2, 0) is 6.54 Å². The molecule has 0 aliphatic rings. The predicted molar refractivity (Wildman–Crippen MR) is 43.3 cm³/mol. The molecule has 0 spiro atoms. The zero-order valence-corrected chi connectivity index (χ0v) is 6.82. The molecule has 0 aliphatic carbocycles. The maximum atomic E-state index is 8.54. The summed E-state index contributed by atoms with van der Waals surface area (Å²) in [6, 6.07) is 0. The van der Waals surface area contributed by atoms with Crippen molar-refractivity contribution in [3.05, 3.63) is 18.2 Å². The van der Waals surface area contributed by atoms with E-state index in [0.29, 0.717) is 0 Å². The van der Waals surface area contributed by atoms with Gasteiger partial charge in [0.05, 0.1) is 0 Å². The summed E-state index contributed by atoms with van der Waals surface area (Å²) in [4.78, 5) is 4.10. The molecular formula is C8H14N2O. The van der Waals surface area contributed by atoms with Crippen LogP contribution in [0.5, 0.6) is 0 Å². The van der Waals surface area contributed by atoms with Gasteiger partial charge < -0.3 is 9.67 Å². The molecule has 0 saturated heterocycles. The molecule has 1 aromatic rings. The lowest BCUT2D eigenvalue weighted by Gasteiger charge is -2.02. The Hall–Kier alpha value is -0.830. The number of unbranched alkanes of at least 4 members (excludes halogenated alkanes) is 1. The fourth-order valence-electron chi connectivity index (χ4n) is 1.03. The zero-order chi connectivity index (χ0) is 8.10. The van der Waals surface area contributed by atoms with Gasteiger partial charge in [-0.25, -0.2) is 4.98 Å². The summed E-state index contributed by atoms with van der Waals surface area (Å²) < 4.78 is 2.09. The maximum Gasteiger partial charge on any atom is 0.105 e. The second-order valence-corrected chi connectivity index (χ2v) is 2.60. The Balaban J connectivity index is 2.32. The molecule has 0 fully saturated rings. The van der Waals surface area contributed by atoms with Gasteiger partial charge >= 0.3 is 0 Å². The molecule has 0 amide bonds. The number of nitrogens with zero attached hydrogens (tertiary/aromatic N) is 2. The van der Waals surface area contributed by atoms with E-state index in [2.05, 4.69) is 9.55 Å². The van der Waals surface area contributed by atoms with E-state index in [9.17, 15) is 0 Å². The summed E-state index contributed by atoms with van der Waals surface area (Å²) in [5.74, 6) is 1.04. The Labute approximate surface area is 66.7 Å². The monoisotopic (exact) mass is 154 g/mol. The quantitative estimate of drug-likeness (QED) is 0.656. The first-order valence-corrected chi connectivity index (χ1v) is 3.93. The molecule has 0 unspecified atom stereocenters. The number of aliphatic hydroxyl groups excluding tert-OH is 1. The molecule has 1 rings (SSSR count). The van der Waals surface area contributed by atoms with Gasteiger partial charge in [-0.15, -0.1) is 0 Å². The van der Waals surface area contributed by atoms with E-state index in [0.717, 1.165) is 25.2 Å². The van der Waals surface area contributed by atoms with Crippen molar-refractivity contribution in [2.24, 2.45) is 0 Å². The molecule has 3 nitrogen and oxygen atoms in total. The molecular weight excluding hydrogens is 140 g/mol. The van der Waals surface area contributed by atoms with Crippen LogP contribution in [0.25, 0.3) is 0 Å². The van der Waals surface area contributed by atoms with Gasteiger partial charge in [-0.2, -0.15) is 0 Å². The van der Waals surface area contributed by atoms with Crippen molar-refractivity contribution in [2.75, 3.05) is 6.61 Å². The summed E-state index contributed by atoms with van der Waals surface area (Å²) in [5, 5.41) is 8.54. The van der Waals surface area contributed by atoms with E-state index in [1.807, 2.05) is 13.1 Å². The van der Waals surface area contributed by atoms with E-state index in [1.165, 1.54) is 0 Å². The van der Waals surface area contributed by atoms with Gasteiger partial charge in [0, 0.05) is 25.5 Å². The van der Waals surface area contributed by atoms with E-state index in [1.54, 1.807) is 6.20 Å². The Bertz CT molecular complexity index is 208. The first-order chi connectivity index (χ1) is 5.34. The average molecular weight is 154 g/mol. The van der Waals surface area contributed by atoms with Crippen LogP contribution in [0.2, 0.25) is 0 Å². The minimum atomic E-state index is 0.285. The van der Waals surface area contributed by atoms with Gasteiger partial charge in [0.25, 0.3) is 0 Å². The van der Waals surface area contributed by atoms with Crippen molar-refractivity contribution in [3.8, 4) is 0 Å². The molecule has 3 heteroatoms. The third kappa shape index (κ3) is 2.35. The Kier molecular flexibility index (Phi) is 3.11. The molecule has 1 heterocycles. The largest absolute Gasteiger partial charge is 0.396 e. The van der Waals surface area contributed by atoms with E-state index in [4.69, 9.17) is 5.11 Å². The molecule has 11 heavy (non-hydrogen) atoms. The van der Waals surface area contributed by atoms with Gasteiger partial charge in [-0.3, -0.25) is 0 Å². The minimum absolute atomic E-state index is 0.285. The van der Waals surface area contributed by atoms with Crippen LogP contribution >= 0.6 is 0 Å². The third-order valence-corrected chi connectivity index (χ3v) is 1.73. The number of rotatable bonds is 4. The van der Waals surface area contributed by atoms with Gasteiger partial charge in [0.1, 0.15) is 5.82 Å². The lowest BCUT2D eigenvalue weighted by atomic mass is 10.3. The lowest BCUT2D eigenvalue weighted by molar-refractivity contribution is 0.281. The molecule has 1 N–H and O–H groups in total. The summed E-state index contributed by atoms with van der Waals surface area (Å²) in [6.07, 6.45) is 5.66. The summed E-state index contributed by atoms with van der Waals surface area (Å²) in [7, 11) is 0. The smallest absolute Gasteiger partial charge is 0.105 e. The maximum absolute atomic E-state index is 8.54. The minimum Gasteiger partial charge on any atom is -0.396 e. The second-order valence-electron chi connectivity index (χ2n) is 2.60. The van der Waals surface area contributed by atoms with Gasteiger partial charge in [-0.05, 0) is 19.8 Å². The highest BCUT2D eigenvalue weighted by atomic mass is 16.2. The average Bonchev–Trinajstić information content (AvgIpc) is 2.37. The van der Waals surface area contributed by atoms with Crippen LogP contribution < -0.4 is 0 Å². The molecule has 1 aromatic heterocycles. The Morgan fingerprint density at radius 1 is 1.55 bits per heavy atom. The van der Waals surface area contributed by atoms with Crippen molar-refractivity contribution in [2.45, 2.75) is 26.3 Å². The van der Waals surface area contributed by atoms with Crippen LogP contribution in [0.3, 0.4) is 0 Å². The van der Waals surface area contributed by atoms with Crippen molar-refractivity contribution in [1.82, 2.24) is 9.55 Å². The molecule has 0 aromatic carbocycles. The van der Waals surface area contributed by atoms with Crippen molar-refractivity contribution in [3.63, 3.8) is 0 Å². The second kappa shape index (κ2) is 4.13. The highest BCUT2D eigenvalue weighted by Crippen LogP contribution is 1.98. The SMILES string of the molecule is Cc1nccn1CCCCO. The summed E-state index contributed by atoms with van der Waals surface area (Å²) >= 11 is 0. The molecule has 0 saturated carbocycles. The molecule has 0 atom stereocenters. The standard InChI is InChI=1S/C8H14N2O/c1-8-9-4-6-10(8)5-2-3-7-11/h4,6,11H,2-3,5,7H2,1H3. The summed E-state index contributed by atoms with van der Waals surface area (Å²) in [6.45, 7) is 3.24. The number of aromatic nitrogens is 2. The number of imidazole rings is 1. The normalized spacial score (nSPS) is 10.4. The van der Waals surface area contributed by atoms with Gasteiger partial charge in [0.15, 0.2) is 0 Å². The van der Waals surface area contributed by atoms with Gasteiger partial charge in [0.2, 0.25) is 0 Å². The van der Waals surface area contributed by atoms with E-state index >= 15 is 0 Å². The van der Waals surface area contributed by atoms with Crippen LogP contribution in [0.1, 0.15) is 18.7 Å². The molecule has 0 bridgehead atoms. The zero-order valence-electron chi connectivity index (χ0n) is 6.82. The molecule has 0 radical (unpaired) electrons. The van der Waals surface area contributed by atoms with Crippen LogP contribution in [0, 0.1) is 6.92 Å². The molecule has 0 aliphatic heterocycles. The highest BCUT2D eigenvalue weighted by Gasteiger charge is 1.94. The van der Waals surface area contributed by atoms with Crippen LogP contribution in [-0.4, -0.2) is 21.3 Å². The molecule has 62 valence electrons. The number of aryl methyl sites for hydroxylation is 2. The van der Waals surface area contributed by atoms with Crippen LogP contribution in [0.4, 0.5) is 0 Å². The Morgan fingerprint density at radius 2 is 2.36 bits per heavy atom. The fraction of sp³-hybridized carbons (Fsp3) is 0.625. The van der Waals surface area contributed by atoms with Crippen molar-refractivity contribution < 1.29 is 5.11 Å². The highest BCUT2D eigenvalue weighted by molar-refractivity contribution is 4.87. The third-order valence-electron chi connectivity index (χ3n) is 1.73. The lowest BCUT2D eigenvalue weighted by Crippen LogP contribution is -1.99. The van der Waals surface area contributed by atoms with Crippen LogP contribution in [0.15, 0.2) is 12.4 Å². The predicted octanol–water partition coefficient (Wildman–Crippen LogP) is 0.964. The van der Waals surface area contributed by atoms with Crippen molar-refractivity contribution >= 4 is 0 Å². The fourth-order valence-corrected chi connectivity index (χ4v) is 1.03. The number of hydrogen-bond acceptors (Lipinski definition) is 2. The Morgan fingerprint density at radius 3 is 2.91 bits per heavy atom. The topological polar surface area (TPSA) is 38.0 Å².